The molecule has 150 valence electrons. The van der Waals surface area contributed by atoms with Crippen LogP contribution in [0.5, 0.6) is 0 Å². The van der Waals surface area contributed by atoms with Crippen molar-refractivity contribution in [3.63, 3.8) is 0 Å². The Kier molecular flexibility index (Phi) is 4.46. The number of pyridine rings is 1. The SMILES string of the molecule is Cn1cc(-c2cc(F)c(CN3Cc4ncccc4C3=O)c(F)c2)c(C(C)(C)O)n1. The van der Waals surface area contributed by atoms with Crippen LogP contribution in [0.4, 0.5) is 8.78 Å². The molecule has 1 aliphatic rings. The molecule has 2 aromatic heterocycles. The zero-order valence-corrected chi connectivity index (χ0v) is 16.3. The summed E-state index contributed by atoms with van der Waals surface area (Å²) in [4.78, 5) is 18.0. The van der Waals surface area contributed by atoms with Gasteiger partial charge in [0.25, 0.3) is 5.91 Å². The molecule has 3 heterocycles. The van der Waals surface area contributed by atoms with Crippen molar-refractivity contribution in [1.29, 1.82) is 0 Å². The summed E-state index contributed by atoms with van der Waals surface area (Å²) in [5.41, 5.74) is 0.620. The quantitative estimate of drug-likeness (QED) is 0.733. The number of halogens is 2. The van der Waals surface area contributed by atoms with Crippen LogP contribution in [0, 0.1) is 11.6 Å². The summed E-state index contributed by atoms with van der Waals surface area (Å²) in [6, 6.07) is 5.72. The number of benzene rings is 1. The fraction of sp³-hybridized carbons (Fsp3) is 0.286. The fourth-order valence-corrected chi connectivity index (χ4v) is 3.56. The summed E-state index contributed by atoms with van der Waals surface area (Å²) < 4.78 is 31.2. The zero-order valence-electron chi connectivity index (χ0n) is 16.3. The van der Waals surface area contributed by atoms with Crippen LogP contribution in [-0.4, -0.2) is 30.7 Å². The number of amides is 1. The number of carbonyl (C=O) groups is 1. The molecule has 1 N–H and O–H groups in total. The van der Waals surface area contributed by atoms with E-state index in [1.165, 1.54) is 21.7 Å². The van der Waals surface area contributed by atoms with Crippen LogP contribution in [0.1, 0.15) is 41.2 Å². The first-order chi connectivity index (χ1) is 13.6. The number of aryl methyl sites for hydroxylation is 1. The van der Waals surface area contributed by atoms with Crippen molar-refractivity contribution in [1.82, 2.24) is 19.7 Å². The van der Waals surface area contributed by atoms with Crippen LogP contribution in [-0.2, 0) is 25.7 Å². The standard InChI is InChI=1S/C21H20F2N4O2/c1-21(2,29)19-14(9-26(3)25-19)12-7-16(22)15(17(23)8-12)10-27-11-18-13(20(27)28)5-4-6-24-18/h4-9,29H,10-11H2,1-3H3. The largest absolute Gasteiger partial charge is 0.384 e. The van der Waals surface area contributed by atoms with E-state index in [9.17, 15) is 18.7 Å². The van der Waals surface area contributed by atoms with Crippen LogP contribution >= 0.6 is 0 Å². The maximum atomic E-state index is 14.9. The predicted molar refractivity (Wildman–Crippen MR) is 102 cm³/mol. The number of aromatic nitrogens is 3. The van der Waals surface area contributed by atoms with E-state index in [2.05, 4.69) is 10.1 Å². The van der Waals surface area contributed by atoms with Gasteiger partial charge in [0, 0.05) is 30.6 Å². The summed E-state index contributed by atoms with van der Waals surface area (Å²) in [7, 11) is 1.67. The van der Waals surface area contributed by atoms with Gasteiger partial charge in [0.1, 0.15) is 22.9 Å². The van der Waals surface area contributed by atoms with Crippen LogP contribution < -0.4 is 0 Å². The van der Waals surface area contributed by atoms with E-state index < -0.39 is 17.2 Å². The molecule has 1 aromatic carbocycles. The number of nitrogens with zero attached hydrogens (tertiary/aromatic N) is 4. The molecule has 29 heavy (non-hydrogen) atoms. The number of carbonyl (C=O) groups excluding carboxylic acids is 1. The van der Waals surface area contributed by atoms with Crippen molar-refractivity contribution in [3.05, 3.63) is 70.8 Å². The molecule has 0 saturated heterocycles. The molecule has 0 saturated carbocycles. The van der Waals surface area contributed by atoms with Gasteiger partial charge in [0.05, 0.1) is 24.3 Å². The molecule has 0 atom stereocenters. The van der Waals surface area contributed by atoms with E-state index >= 15 is 0 Å². The number of hydrogen-bond donors (Lipinski definition) is 1. The minimum Gasteiger partial charge on any atom is -0.384 e. The van der Waals surface area contributed by atoms with Crippen molar-refractivity contribution < 1.29 is 18.7 Å². The molecular formula is C21H20F2N4O2. The molecule has 4 rings (SSSR count). The molecule has 6 nitrogen and oxygen atoms in total. The lowest BCUT2D eigenvalue weighted by atomic mass is 9.96. The van der Waals surface area contributed by atoms with E-state index in [0.29, 0.717) is 22.5 Å². The molecule has 3 aromatic rings. The van der Waals surface area contributed by atoms with E-state index in [0.717, 1.165) is 0 Å². The van der Waals surface area contributed by atoms with Gasteiger partial charge >= 0.3 is 0 Å². The summed E-state index contributed by atoms with van der Waals surface area (Å²) in [6.45, 7) is 3.13. The fourth-order valence-electron chi connectivity index (χ4n) is 3.56. The maximum absolute atomic E-state index is 14.9. The van der Waals surface area contributed by atoms with Crippen molar-refractivity contribution in [2.75, 3.05) is 0 Å². The highest BCUT2D eigenvalue weighted by Gasteiger charge is 2.30. The van der Waals surface area contributed by atoms with Gasteiger partial charge < -0.3 is 10.0 Å². The number of hydrogen-bond acceptors (Lipinski definition) is 4. The van der Waals surface area contributed by atoms with Gasteiger partial charge in [-0.3, -0.25) is 14.5 Å². The normalized spacial score (nSPS) is 13.9. The second-order valence-corrected chi connectivity index (χ2v) is 7.70. The Labute approximate surface area is 166 Å². The topological polar surface area (TPSA) is 71.2 Å². The van der Waals surface area contributed by atoms with Crippen LogP contribution in [0.2, 0.25) is 0 Å². The van der Waals surface area contributed by atoms with Gasteiger partial charge in [0.2, 0.25) is 0 Å². The molecule has 1 aliphatic heterocycles. The van der Waals surface area contributed by atoms with Gasteiger partial charge in [-0.25, -0.2) is 8.78 Å². The lowest BCUT2D eigenvalue weighted by Crippen LogP contribution is -2.24. The number of aliphatic hydroxyl groups is 1. The highest BCUT2D eigenvalue weighted by molar-refractivity contribution is 5.97. The van der Waals surface area contributed by atoms with Crippen LogP contribution in [0.3, 0.4) is 0 Å². The third-order valence-electron chi connectivity index (χ3n) is 4.96. The Bertz CT molecular complexity index is 1100. The first-order valence-corrected chi connectivity index (χ1v) is 9.13. The van der Waals surface area contributed by atoms with Gasteiger partial charge in [-0.05, 0) is 43.7 Å². The van der Waals surface area contributed by atoms with E-state index in [1.807, 2.05) is 0 Å². The Morgan fingerprint density at radius 2 is 1.90 bits per heavy atom. The van der Waals surface area contributed by atoms with E-state index in [4.69, 9.17) is 0 Å². The van der Waals surface area contributed by atoms with Crippen molar-refractivity contribution in [2.24, 2.45) is 7.05 Å². The monoisotopic (exact) mass is 398 g/mol. The summed E-state index contributed by atoms with van der Waals surface area (Å²) in [5.74, 6) is -1.82. The highest BCUT2D eigenvalue weighted by atomic mass is 19.1. The third-order valence-corrected chi connectivity index (χ3v) is 4.96. The first-order valence-electron chi connectivity index (χ1n) is 9.13. The average molecular weight is 398 g/mol. The van der Waals surface area contributed by atoms with Crippen LogP contribution in [0.25, 0.3) is 11.1 Å². The van der Waals surface area contributed by atoms with Crippen LogP contribution in [0.15, 0.2) is 36.7 Å². The molecule has 0 bridgehead atoms. The molecule has 0 fully saturated rings. The lowest BCUT2D eigenvalue weighted by Gasteiger charge is -2.18. The summed E-state index contributed by atoms with van der Waals surface area (Å²) >= 11 is 0. The lowest BCUT2D eigenvalue weighted by molar-refractivity contribution is 0.0736. The second-order valence-electron chi connectivity index (χ2n) is 7.70. The second kappa shape index (κ2) is 6.73. The molecule has 0 aliphatic carbocycles. The first kappa shape index (κ1) is 19.2. The smallest absolute Gasteiger partial charge is 0.256 e. The number of rotatable bonds is 4. The minimum atomic E-state index is -1.27. The van der Waals surface area contributed by atoms with Crippen molar-refractivity contribution in [2.45, 2.75) is 32.5 Å². The molecular weight excluding hydrogens is 378 g/mol. The van der Waals surface area contributed by atoms with Crippen molar-refractivity contribution in [3.8, 4) is 11.1 Å². The predicted octanol–water partition coefficient (Wildman–Crippen LogP) is 3.14. The van der Waals surface area contributed by atoms with Gasteiger partial charge in [-0.15, -0.1) is 0 Å². The minimum absolute atomic E-state index is 0.191. The average Bonchev–Trinajstić information content (AvgIpc) is 3.19. The molecule has 0 spiro atoms. The highest BCUT2D eigenvalue weighted by Crippen LogP contribution is 2.33. The van der Waals surface area contributed by atoms with E-state index in [-0.39, 0.29) is 30.1 Å². The molecule has 0 unspecified atom stereocenters. The Balaban J connectivity index is 1.67. The Morgan fingerprint density at radius 1 is 1.21 bits per heavy atom. The summed E-state index contributed by atoms with van der Waals surface area (Å²) in [5, 5.41) is 14.5. The Hall–Kier alpha value is -3.13. The van der Waals surface area contributed by atoms with Crippen molar-refractivity contribution >= 4 is 5.91 Å². The zero-order chi connectivity index (χ0) is 20.9. The van der Waals surface area contributed by atoms with Gasteiger partial charge in [-0.1, -0.05) is 0 Å². The van der Waals surface area contributed by atoms with Gasteiger partial charge in [-0.2, -0.15) is 5.10 Å². The third kappa shape index (κ3) is 3.40. The van der Waals surface area contributed by atoms with E-state index in [1.54, 1.807) is 45.4 Å². The molecule has 8 heteroatoms. The number of fused-ring (bicyclic) bond motifs is 1. The van der Waals surface area contributed by atoms with Gasteiger partial charge in [0.15, 0.2) is 0 Å². The Morgan fingerprint density at radius 3 is 2.52 bits per heavy atom. The molecule has 0 radical (unpaired) electrons. The molecule has 1 amide bonds. The maximum Gasteiger partial charge on any atom is 0.256 e. The summed E-state index contributed by atoms with van der Waals surface area (Å²) in [6.07, 6.45) is 3.19.